The molecule has 1 aliphatic rings. The van der Waals surface area contributed by atoms with Crippen molar-refractivity contribution in [1.29, 1.82) is 0 Å². The molecule has 1 aromatic heterocycles. The third-order valence-corrected chi connectivity index (χ3v) is 5.37. The van der Waals surface area contributed by atoms with Crippen LogP contribution in [0.4, 0.5) is 4.79 Å². The Hall–Kier alpha value is -3.69. The summed E-state index contributed by atoms with van der Waals surface area (Å²) in [4.78, 5) is 65.7. The van der Waals surface area contributed by atoms with E-state index in [1.165, 1.54) is 34.7 Å². The van der Waals surface area contributed by atoms with Crippen molar-refractivity contribution in [3.63, 3.8) is 0 Å². The van der Waals surface area contributed by atoms with Crippen molar-refractivity contribution in [2.24, 2.45) is 0 Å². The van der Waals surface area contributed by atoms with Crippen LogP contribution in [0.3, 0.4) is 0 Å². The van der Waals surface area contributed by atoms with Gasteiger partial charge in [-0.05, 0) is 46.8 Å². The van der Waals surface area contributed by atoms with E-state index in [0.29, 0.717) is 4.57 Å². The molecule has 1 amide bonds. The normalized spacial score (nSPS) is 18.0. The number of carbonyl (C=O) groups is 3. The molecule has 182 valence electrons. The maximum absolute atomic E-state index is 13.3. The number of ether oxygens (including phenoxy) is 2. The highest BCUT2D eigenvalue weighted by molar-refractivity contribution is 5.95. The largest absolute Gasteiger partial charge is 0.464 e. The Balaban J connectivity index is 2.04. The molecule has 0 unspecified atom stereocenters. The Labute approximate surface area is 196 Å². The molecule has 0 radical (unpaired) electrons. The summed E-state index contributed by atoms with van der Waals surface area (Å²) in [5.41, 5.74) is -2.00. The van der Waals surface area contributed by atoms with Gasteiger partial charge in [0, 0.05) is 30.3 Å². The molecule has 2 aromatic rings. The minimum atomic E-state index is -0.975. The smallest absolute Gasteiger partial charge is 0.411 e. The number of aryl methyl sites for hydroxylation is 1. The number of hydrogen-bond acceptors (Lipinski definition) is 7. The second-order valence-corrected chi connectivity index (χ2v) is 9.10. The van der Waals surface area contributed by atoms with Gasteiger partial charge < -0.3 is 9.47 Å². The van der Waals surface area contributed by atoms with E-state index in [-0.39, 0.29) is 30.7 Å². The number of nitrogens with zero attached hydrogens (tertiary/aromatic N) is 3. The number of esters is 1. The van der Waals surface area contributed by atoms with Crippen LogP contribution in [-0.2, 0) is 14.3 Å². The van der Waals surface area contributed by atoms with E-state index in [9.17, 15) is 24.0 Å². The molecular weight excluding hydrogens is 442 g/mol. The van der Waals surface area contributed by atoms with Gasteiger partial charge in [0.2, 0.25) is 0 Å². The molecule has 3 rings (SSSR count). The molecule has 0 spiro atoms. The standard InChI is InChI=1S/C24H29N3O7/c1-6-33-21(30)18-12-17(14-26(18)23(32)34-24(3,4)5)25-13-15(2)19(28)27(22(25)31)20(29)16-10-8-7-9-11-16/h7-11,13,17-18H,6,12,14H2,1-5H3/t17-,18-/m1/s1. The van der Waals surface area contributed by atoms with Crippen LogP contribution in [0, 0.1) is 6.92 Å². The van der Waals surface area contributed by atoms with E-state index in [0.717, 1.165) is 0 Å². The number of hydrogen-bond donors (Lipinski definition) is 0. The van der Waals surface area contributed by atoms with Crippen molar-refractivity contribution in [3.8, 4) is 0 Å². The van der Waals surface area contributed by atoms with Crippen LogP contribution in [0.15, 0.2) is 46.1 Å². The fourth-order valence-corrected chi connectivity index (χ4v) is 3.85. The van der Waals surface area contributed by atoms with Gasteiger partial charge >= 0.3 is 17.8 Å². The summed E-state index contributed by atoms with van der Waals surface area (Å²) >= 11 is 0. The molecule has 1 fully saturated rings. The minimum absolute atomic E-state index is 0.0323. The lowest BCUT2D eigenvalue weighted by atomic mass is 10.1. The highest BCUT2D eigenvalue weighted by atomic mass is 16.6. The third kappa shape index (κ3) is 5.11. The summed E-state index contributed by atoms with van der Waals surface area (Å²) in [6.07, 6.45) is 0.701. The van der Waals surface area contributed by atoms with Crippen LogP contribution < -0.4 is 11.2 Å². The summed E-state index contributed by atoms with van der Waals surface area (Å²) in [6.45, 7) is 8.36. The first-order valence-electron chi connectivity index (χ1n) is 11.1. The lowest BCUT2D eigenvalue weighted by Crippen LogP contribution is -2.46. The zero-order valence-corrected chi connectivity index (χ0v) is 19.9. The average molecular weight is 472 g/mol. The Morgan fingerprint density at radius 1 is 1.09 bits per heavy atom. The van der Waals surface area contributed by atoms with Crippen LogP contribution in [0.5, 0.6) is 0 Å². The molecule has 10 heteroatoms. The Morgan fingerprint density at radius 3 is 2.32 bits per heavy atom. The van der Waals surface area contributed by atoms with Gasteiger partial charge in [-0.25, -0.2) is 14.4 Å². The number of aromatic nitrogens is 2. The molecule has 2 atom stereocenters. The summed E-state index contributed by atoms with van der Waals surface area (Å²) in [6, 6.07) is 6.35. The summed E-state index contributed by atoms with van der Waals surface area (Å²) in [7, 11) is 0. The quantitative estimate of drug-likeness (QED) is 0.627. The molecule has 0 bridgehead atoms. The lowest BCUT2D eigenvalue weighted by Gasteiger charge is -2.27. The summed E-state index contributed by atoms with van der Waals surface area (Å²) in [5.74, 6) is -1.37. The Morgan fingerprint density at radius 2 is 1.74 bits per heavy atom. The molecular formula is C24H29N3O7. The molecule has 2 heterocycles. The predicted octanol–water partition coefficient (Wildman–Crippen LogP) is 2.12. The fraction of sp³-hybridized carbons (Fsp3) is 0.458. The average Bonchev–Trinajstić information content (AvgIpc) is 3.21. The van der Waals surface area contributed by atoms with Crippen LogP contribution in [0.1, 0.15) is 56.1 Å². The lowest BCUT2D eigenvalue weighted by molar-refractivity contribution is -0.148. The molecule has 1 saturated heterocycles. The van der Waals surface area contributed by atoms with Gasteiger partial charge in [0.05, 0.1) is 12.6 Å². The molecule has 34 heavy (non-hydrogen) atoms. The van der Waals surface area contributed by atoms with E-state index >= 15 is 0 Å². The van der Waals surface area contributed by atoms with Crippen molar-refractivity contribution in [3.05, 3.63) is 68.5 Å². The topological polar surface area (TPSA) is 117 Å². The number of benzene rings is 1. The highest BCUT2D eigenvalue weighted by Gasteiger charge is 2.43. The van der Waals surface area contributed by atoms with Gasteiger partial charge in [-0.1, -0.05) is 18.2 Å². The number of amides is 1. The van der Waals surface area contributed by atoms with Gasteiger partial charge in [0.1, 0.15) is 11.6 Å². The van der Waals surface area contributed by atoms with E-state index in [4.69, 9.17) is 9.47 Å². The van der Waals surface area contributed by atoms with Gasteiger partial charge in [0.15, 0.2) is 0 Å². The minimum Gasteiger partial charge on any atom is -0.464 e. The van der Waals surface area contributed by atoms with Crippen LogP contribution in [0.2, 0.25) is 0 Å². The van der Waals surface area contributed by atoms with Crippen molar-refractivity contribution >= 4 is 18.0 Å². The van der Waals surface area contributed by atoms with Crippen molar-refractivity contribution in [2.45, 2.75) is 58.7 Å². The SMILES string of the molecule is CCOC(=O)[C@H]1C[C@@H](n2cc(C)c(=O)n(C(=O)c3ccccc3)c2=O)CN1C(=O)OC(C)(C)C. The number of carbonyl (C=O) groups excluding carboxylic acids is 3. The van der Waals surface area contributed by atoms with Gasteiger partial charge in [0.25, 0.3) is 11.5 Å². The zero-order valence-electron chi connectivity index (χ0n) is 19.9. The van der Waals surface area contributed by atoms with Gasteiger partial charge in [-0.2, -0.15) is 4.57 Å². The van der Waals surface area contributed by atoms with Gasteiger partial charge in [-0.15, -0.1) is 0 Å². The first kappa shape index (κ1) is 24.9. The zero-order chi connectivity index (χ0) is 25.2. The molecule has 0 aliphatic carbocycles. The van der Waals surface area contributed by atoms with E-state index in [1.807, 2.05) is 0 Å². The van der Waals surface area contributed by atoms with Crippen LogP contribution in [-0.4, -0.2) is 56.8 Å². The van der Waals surface area contributed by atoms with Crippen molar-refractivity contribution < 1.29 is 23.9 Å². The van der Waals surface area contributed by atoms with E-state index in [2.05, 4.69) is 0 Å². The molecule has 1 aliphatic heterocycles. The van der Waals surface area contributed by atoms with Crippen molar-refractivity contribution in [1.82, 2.24) is 14.0 Å². The van der Waals surface area contributed by atoms with E-state index in [1.54, 1.807) is 45.9 Å². The number of rotatable bonds is 4. The second kappa shape index (κ2) is 9.66. The summed E-state index contributed by atoms with van der Waals surface area (Å²) < 4.78 is 12.4. The molecule has 1 aromatic carbocycles. The summed E-state index contributed by atoms with van der Waals surface area (Å²) in [5, 5.41) is 0. The van der Waals surface area contributed by atoms with Gasteiger partial charge in [-0.3, -0.25) is 19.1 Å². The van der Waals surface area contributed by atoms with Crippen molar-refractivity contribution in [2.75, 3.05) is 13.2 Å². The van der Waals surface area contributed by atoms with Crippen LogP contribution >= 0.6 is 0 Å². The third-order valence-electron chi connectivity index (χ3n) is 5.37. The predicted molar refractivity (Wildman–Crippen MR) is 123 cm³/mol. The Kier molecular flexibility index (Phi) is 7.09. The van der Waals surface area contributed by atoms with Crippen LogP contribution in [0.25, 0.3) is 0 Å². The molecule has 10 nitrogen and oxygen atoms in total. The Bertz CT molecular complexity index is 1210. The number of likely N-dealkylation sites (tertiary alicyclic amines) is 1. The first-order chi connectivity index (χ1) is 15.9. The molecule has 0 saturated carbocycles. The maximum atomic E-state index is 13.3. The second-order valence-electron chi connectivity index (χ2n) is 9.10. The highest BCUT2D eigenvalue weighted by Crippen LogP contribution is 2.29. The molecule has 0 N–H and O–H groups in total. The fourth-order valence-electron chi connectivity index (χ4n) is 3.85. The van der Waals surface area contributed by atoms with E-state index < -0.39 is 46.9 Å². The first-order valence-corrected chi connectivity index (χ1v) is 11.1. The maximum Gasteiger partial charge on any atom is 0.411 e. The monoisotopic (exact) mass is 471 g/mol.